The molecule has 1 fully saturated rings. The quantitative estimate of drug-likeness (QED) is 0.352. The lowest BCUT2D eigenvalue weighted by molar-refractivity contribution is -0.137. The van der Waals surface area contributed by atoms with E-state index in [2.05, 4.69) is 10.3 Å². The molecule has 11 heteroatoms. The third-order valence-electron chi connectivity index (χ3n) is 6.66. The second kappa shape index (κ2) is 12.4. The number of methoxy groups -OCH3 is 1. The topological polar surface area (TPSA) is 88.6 Å². The van der Waals surface area contributed by atoms with Gasteiger partial charge in [0.15, 0.2) is 5.78 Å². The first-order valence-corrected chi connectivity index (χ1v) is 13.4. The zero-order chi connectivity index (χ0) is 28.0. The molecule has 1 saturated heterocycles. The number of ketones is 1. The fraction of sp³-hybridized carbons (Fsp3) is 0.357. The predicted octanol–water partition coefficient (Wildman–Crippen LogP) is 5.47. The molecule has 1 aliphatic rings. The summed E-state index contributed by atoms with van der Waals surface area (Å²) in [7, 11) is 1.55. The summed E-state index contributed by atoms with van der Waals surface area (Å²) in [5.74, 6) is 0.241. The number of halogens is 3. The Morgan fingerprint density at radius 3 is 2.31 bits per heavy atom. The Morgan fingerprint density at radius 2 is 1.69 bits per heavy atom. The summed E-state index contributed by atoms with van der Waals surface area (Å²) in [6.45, 7) is 1.19. The molecule has 39 heavy (non-hydrogen) atoms. The molecule has 2 heterocycles. The van der Waals surface area contributed by atoms with E-state index in [1.807, 2.05) is 0 Å². The van der Waals surface area contributed by atoms with Crippen molar-refractivity contribution in [1.29, 1.82) is 0 Å². The van der Waals surface area contributed by atoms with Crippen molar-refractivity contribution in [3.63, 3.8) is 0 Å². The second-order valence-electron chi connectivity index (χ2n) is 9.26. The van der Waals surface area contributed by atoms with Gasteiger partial charge in [0.05, 0.1) is 17.7 Å². The SMILES string of the molecule is COc1ccc(C(=O)CCC(=O)N2CCC(c3nc(C(=O)NCc4ccc(C(F)(F)F)cc4)cs3)CC2)cc1. The molecule has 2 aromatic carbocycles. The molecular weight excluding hydrogens is 531 g/mol. The third-order valence-corrected chi connectivity index (χ3v) is 7.67. The van der Waals surface area contributed by atoms with Crippen molar-refractivity contribution in [2.45, 2.75) is 44.3 Å². The average Bonchev–Trinajstić information content (AvgIpc) is 3.45. The first-order valence-electron chi connectivity index (χ1n) is 12.5. The van der Waals surface area contributed by atoms with Crippen molar-refractivity contribution >= 4 is 28.9 Å². The molecule has 2 amide bonds. The van der Waals surface area contributed by atoms with Crippen LogP contribution in [0.1, 0.15) is 68.6 Å². The number of thiazole rings is 1. The van der Waals surface area contributed by atoms with Gasteiger partial charge < -0.3 is 15.0 Å². The molecule has 0 unspecified atom stereocenters. The van der Waals surface area contributed by atoms with E-state index in [9.17, 15) is 27.6 Å². The molecule has 1 aromatic heterocycles. The number of alkyl halides is 3. The van der Waals surface area contributed by atoms with Crippen LogP contribution in [-0.4, -0.2) is 47.7 Å². The van der Waals surface area contributed by atoms with Crippen LogP contribution in [0.5, 0.6) is 5.75 Å². The number of rotatable bonds is 9. The second-order valence-corrected chi connectivity index (χ2v) is 10.1. The molecular formula is C28H28F3N3O4S. The Balaban J connectivity index is 1.21. The van der Waals surface area contributed by atoms with Gasteiger partial charge in [-0.3, -0.25) is 14.4 Å². The van der Waals surface area contributed by atoms with Crippen LogP contribution >= 0.6 is 11.3 Å². The van der Waals surface area contributed by atoms with Crippen molar-refractivity contribution in [2.75, 3.05) is 20.2 Å². The summed E-state index contributed by atoms with van der Waals surface area (Å²) in [5, 5.41) is 5.17. The first-order chi connectivity index (χ1) is 18.6. The van der Waals surface area contributed by atoms with Crippen LogP contribution in [0.4, 0.5) is 13.2 Å². The minimum atomic E-state index is -4.40. The lowest BCUT2D eigenvalue weighted by Gasteiger charge is -2.31. The van der Waals surface area contributed by atoms with Gasteiger partial charge in [0.25, 0.3) is 5.91 Å². The molecule has 206 valence electrons. The summed E-state index contributed by atoms with van der Waals surface area (Å²) in [6, 6.07) is 11.4. The lowest BCUT2D eigenvalue weighted by atomic mass is 9.97. The van der Waals surface area contributed by atoms with Crippen LogP contribution in [0.15, 0.2) is 53.9 Å². The maximum atomic E-state index is 12.7. The van der Waals surface area contributed by atoms with Gasteiger partial charge in [-0.05, 0) is 54.8 Å². The van der Waals surface area contributed by atoms with Crippen LogP contribution < -0.4 is 10.1 Å². The van der Waals surface area contributed by atoms with E-state index < -0.39 is 17.6 Å². The van der Waals surface area contributed by atoms with Crippen LogP contribution in [0.3, 0.4) is 0 Å². The van der Waals surface area contributed by atoms with Gasteiger partial charge in [-0.25, -0.2) is 4.98 Å². The highest BCUT2D eigenvalue weighted by Crippen LogP contribution is 2.31. The van der Waals surface area contributed by atoms with E-state index in [0.717, 1.165) is 17.1 Å². The van der Waals surface area contributed by atoms with Crippen LogP contribution in [-0.2, 0) is 17.5 Å². The number of ether oxygens (including phenoxy) is 1. The minimum Gasteiger partial charge on any atom is -0.497 e. The molecule has 0 atom stereocenters. The standard InChI is InChI=1S/C28H28F3N3O4S/c1-38-22-8-4-19(5-9-22)24(35)10-11-25(36)34-14-12-20(13-15-34)27-33-23(17-39-27)26(37)32-16-18-2-6-21(7-3-18)28(29,30)31/h2-9,17,20H,10-16H2,1H3,(H,32,37). The van der Waals surface area contributed by atoms with Gasteiger partial charge >= 0.3 is 6.18 Å². The van der Waals surface area contributed by atoms with Crippen molar-refractivity contribution in [3.05, 3.63) is 81.3 Å². The van der Waals surface area contributed by atoms with Crippen molar-refractivity contribution < 1.29 is 32.3 Å². The van der Waals surface area contributed by atoms with E-state index in [1.54, 1.807) is 41.7 Å². The Kier molecular flexibility index (Phi) is 9.01. The fourth-order valence-corrected chi connectivity index (χ4v) is 5.31. The van der Waals surface area contributed by atoms with Gasteiger partial charge in [0.2, 0.25) is 5.91 Å². The fourth-order valence-electron chi connectivity index (χ4n) is 4.34. The van der Waals surface area contributed by atoms with Gasteiger partial charge in [0, 0.05) is 49.3 Å². The first kappa shape index (κ1) is 28.3. The van der Waals surface area contributed by atoms with Gasteiger partial charge in [-0.15, -0.1) is 11.3 Å². The normalized spacial score (nSPS) is 14.2. The number of likely N-dealkylation sites (tertiary alicyclic amines) is 1. The Bertz CT molecular complexity index is 1300. The Labute approximate surface area is 228 Å². The largest absolute Gasteiger partial charge is 0.497 e. The highest BCUT2D eigenvalue weighted by Gasteiger charge is 2.30. The number of benzene rings is 2. The number of nitrogens with zero attached hydrogens (tertiary/aromatic N) is 2. The summed E-state index contributed by atoms with van der Waals surface area (Å²) in [6.07, 6.45) is -2.70. The molecule has 0 radical (unpaired) electrons. The molecule has 1 N–H and O–H groups in total. The summed E-state index contributed by atoms with van der Waals surface area (Å²) in [4.78, 5) is 43.8. The molecule has 0 saturated carbocycles. The number of nitrogens with one attached hydrogen (secondary N) is 1. The molecule has 0 spiro atoms. The number of carbonyl (C=O) groups is 3. The van der Waals surface area contributed by atoms with Gasteiger partial charge in [0.1, 0.15) is 11.4 Å². The van der Waals surface area contributed by atoms with Gasteiger partial charge in [-0.1, -0.05) is 12.1 Å². The van der Waals surface area contributed by atoms with Crippen LogP contribution in [0.2, 0.25) is 0 Å². The molecule has 0 aliphatic carbocycles. The van der Waals surface area contributed by atoms with Crippen molar-refractivity contribution in [2.24, 2.45) is 0 Å². The van der Waals surface area contributed by atoms with E-state index in [4.69, 9.17) is 4.74 Å². The maximum absolute atomic E-state index is 12.7. The molecule has 7 nitrogen and oxygen atoms in total. The number of Topliss-reactive ketones (excluding diaryl/α,β-unsaturated/α-hetero) is 1. The minimum absolute atomic E-state index is 0.0576. The van der Waals surface area contributed by atoms with E-state index in [-0.39, 0.29) is 42.7 Å². The number of aromatic nitrogens is 1. The van der Waals surface area contributed by atoms with Crippen LogP contribution in [0.25, 0.3) is 0 Å². The number of hydrogen-bond donors (Lipinski definition) is 1. The maximum Gasteiger partial charge on any atom is 0.416 e. The highest BCUT2D eigenvalue weighted by atomic mass is 32.1. The number of hydrogen-bond acceptors (Lipinski definition) is 6. The zero-order valence-corrected chi connectivity index (χ0v) is 22.1. The van der Waals surface area contributed by atoms with Gasteiger partial charge in [-0.2, -0.15) is 13.2 Å². The van der Waals surface area contributed by atoms with Crippen LogP contribution in [0, 0.1) is 0 Å². The van der Waals surface area contributed by atoms with Crippen molar-refractivity contribution in [3.8, 4) is 5.75 Å². The Hall–Kier alpha value is -3.73. The van der Waals surface area contributed by atoms with E-state index >= 15 is 0 Å². The molecule has 0 bridgehead atoms. The zero-order valence-electron chi connectivity index (χ0n) is 21.3. The summed E-state index contributed by atoms with van der Waals surface area (Å²) >= 11 is 1.38. The number of piperidine rings is 1. The molecule has 4 rings (SSSR count). The molecule has 3 aromatic rings. The lowest BCUT2D eigenvalue weighted by Crippen LogP contribution is -2.38. The van der Waals surface area contributed by atoms with E-state index in [0.29, 0.717) is 42.8 Å². The number of carbonyl (C=O) groups excluding carboxylic acids is 3. The molecule has 1 aliphatic heterocycles. The number of amides is 2. The van der Waals surface area contributed by atoms with E-state index in [1.165, 1.54) is 23.5 Å². The third kappa shape index (κ3) is 7.44. The summed E-state index contributed by atoms with van der Waals surface area (Å²) < 4.78 is 43.2. The predicted molar refractivity (Wildman–Crippen MR) is 140 cm³/mol. The summed E-state index contributed by atoms with van der Waals surface area (Å²) in [5.41, 5.74) is 0.619. The Morgan fingerprint density at radius 1 is 1.03 bits per heavy atom. The highest BCUT2D eigenvalue weighted by molar-refractivity contribution is 7.09. The van der Waals surface area contributed by atoms with Crippen molar-refractivity contribution in [1.82, 2.24) is 15.2 Å². The monoisotopic (exact) mass is 559 g/mol. The smallest absolute Gasteiger partial charge is 0.416 e. The average molecular weight is 560 g/mol.